The Morgan fingerprint density at radius 2 is 2.03 bits per heavy atom. The summed E-state index contributed by atoms with van der Waals surface area (Å²) < 4.78 is 5.38. The van der Waals surface area contributed by atoms with Gasteiger partial charge in [0.2, 0.25) is 5.91 Å². The van der Waals surface area contributed by atoms with Crippen LogP contribution in [-0.4, -0.2) is 46.9 Å². The summed E-state index contributed by atoms with van der Waals surface area (Å²) in [4.78, 5) is 25.9. The summed E-state index contributed by atoms with van der Waals surface area (Å²) >= 11 is 0. The molecule has 2 N–H and O–H groups in total. The Morgan fingerprint density at radius 1 is 1.34 bits per heavy atom. The number of allylic oxidation sites excluding steroid dienone is 1. The molecule has 158 valence electrons. The number of phenolic OH excluding ortho intramolecular Hbond substituents is 1. The molecule has 0 unspecified atom stereocenters. The van der Waals surface area contributed by atoms with Gasteiger partial charge in [-0.3, -0.25) is 4.79 Å². The van der Waals surface area contributed by atoms with Crippen molar-refractivity contribution in [1.82, 2.24) is 10.3 Å². The van der Waals surface area contributed by atoms with Crippen LogP contribution in [0.2, 0.25) is 0 Å². The van der Waals surface area contributed by atoms with Gasteiger partial charge < -0.3 is 14.7 Å². The minimum absolute atomic E-state index is 0.139. The summed E-state index contributed by atoms with van der Waals surface area (Å²) in [5, 5.41) is 14.1. The summed E-state index contributed by atoms with van der Waals surface area (Å²) in [6, 6.07) is 5.36. The van der Waals surface area contributed by atoms with Crippen molar-refractivity contribution in [3.63, 3.8) is 0 Å². The predicted octanol–water partition coefficient (Wildman–Crippen LogP) is 3.61. The number of nitrogens with one attached hydrogen (secondary N) is 1. The fraction of sp³-hybridized carbons (Fsp3) is 0.500. The Morgan fingerprint density at radius 3 is 2.66 bits per heavy atom. The number of likely N-dealkylation sites (tertiary alicyclic amines) is 1. The molecule has 1 aromatic rings. The summed E-state index contributed by atoms with van der Waals surface area (Å²) in [6.45, 7) is 10.4. The third kappa shape index (κ3) is 7.25. The number of benzene rings is 1. The molecule has 7 nitrogen and oxygen atoms in total. The highest BCUT2D eigenvalue weighted by molar-refractivity contribution is 5.85. The van der Waals surface area contributed by atoms with E-state index in [1.54, 1.807) is 17.0 Å². The van der Waals surface area contributed by atoms with Crippen LogP contribution in [0.15, 0.2) is 36.0 Å². The number of phenols is 1. The van der Waals surface area contributed by atoms with E-state index in [0.29, 0.717) is 31.5 Å². The number of ether oxygens (including phenoxy) is 1. The van der Waals surface area contributed by atoms with Crippen molar-refractivity contribution < 1.29 is 19.4 Å². The smallest absolute Gasteiger partial charge is 0.410 e. The lowest BCUT2D eigenvalue weighted by molar-refractivity contribution is -0.122. The van der Waals surface area contributed by atoms with Crippen LogP contribution in [0.25, 0.3) is 0 Å². The zero-order chi connectivity index (χ0) is 21.4. The van der Waals surface area contributed by atoms with Crippen molar-refractivity contribution in [2.75, 3.05) is 13.1 Å². The van der Waals surface area contributed by atoms with Gasteiger partial charge in [-0.25, -0.2) is 10.2 Å². The standard InChI is InChI=1S/C22H31N3O4/c1-5-7-17-8-6-9-18(20(17)27)15-23-24-19(26)14-16-10-12-25(13-11-16)21(28)29-22(2,3)4/h5-6,8-9,15-16,27H,1,7,10-14H2,2-4H3,(H,24,26)/b23-15+. The van der Waals surface area contributed by atoms with Crippen LogP contribution in [0, 0.1) is 5.92 Å². The highest BCUT2D eigenvalue weighted by atomic mass is 16.6. The molecule has 0 aromatic heterocycles. The lowest BCUT2D eigenvalue weighted by atomic mass is 9.93. The van der Waals surface area contributed by atoms with E-state index in [1.807, 2.05) is 32.9 Å². The number of piperidine rings is 1. The van der Waals surface area contributed by atoms with Crippen LogP contribution in [-0.2, 0) is 16.0 Å². The first-order chi connectivity index (χ1) is 13.7. The largest absolute Gasteiger partial charge is 0.507 e. The first kappa shape index (κ1) is 22.5. The van der Waals surface area contributed by atoms with Crippen LogP contribution < -0.4 is 5.43 Å². The molecule has 0 bridgehead atoms. The maximum atomic E-state index is 12.2. The van der Waals surface area contributed by atoms with E-state index < -0.39 is 5.60 Å². The Balaban J connectivity index is 1.78. The highest BCUT2D eigenvalue weighted by Crippen LogP contribution is 2.23. The number of hydrogen-bond donors (Lipinski definition) is 2. The maximum absolute atomic E-state index is 12.2. The van der Waals surface area contributed by atoms with Gasteiger partial charge >= 0.3 is 6.09 Å². The normalized spacial score (nSPS) is 15.3. The van der Waals surface area contributed by atoms with Gasteiger partial charge in [-0.05, 0) is 57.6 Å². The van der Waals surface area contributed by atoms with Gasteiger partial charge in [-0.1, -0.05) is 18.2 Å². The Labute approximate surface area is 172 Å². The summed E-state index contributed by atoms with van der Waals surface area (Å²) in [7, 11) is 0. The fourth-order valence-electron chi connectivity index (χ4n) is 3.16. The van der Waals surface area contributed by atoms with Gasteiger partial charge in [0.15, 0.2) is 0 Å². The van der Waals surface area contributed by atoms with Gasteiger partial charge in [-0.15, -0.1) is 6.58 Å². The molecule has 2 amide bonds. The van der Waals surface area contributed by atoms with Gasteiger partial charge in [0, 0.05) is 25.1 Å². The number of carbonyl (C=O) groups is 2. The quantitative estimate of drug-likeness (QED) is 0.433. The summed E-state index contributed by atoms with van der Waals surface area (Å²) in [6.07, 6.45) is 5.26. The monoisotopic (exact) mass is 401 g/mol. The molecular weight excluding hydrogens is 370 g/mol. The molecule has 2 rings (SSSR count). The molecule has 0 atom stereocenters. The third-order valence-electron chi connectivity index (χ3n) is 4.65. The molecule has 29 heavy (non-hydrogen) atoms. The molecule has 1 aromatic carbocycles. The van der Waals surface area contributed by atoms with Crippen LogP contribution in [0.5, 0.6) is 5.75 Å². The highest BCUT2D eigenvalue weighted by Gasteiger charge is 2.27. The number of hydrazone groups is 1. The van der Waals surface area contributed by atoms with Crippen molar-refractivity contribution in [2.24, 2.45) is 11.0 Å². The second kappa shape index (κ2) is 10.1. The lowest BCUT2D eigenvalue weighted by Crippen LogP contribution is -2.42. The number of rotatable bonds is 6. The molecule has 0 radical (unpaired) electrons. The van der Waals surface area contributed by atoms with E-state index in [9.17, 15) is 14.7 Å². The molecule has 1 fully saturated rings. The van der Waals surface area contributed by atoms with Crippen molar-refractivity contribution in [3.8, 4) is 5.75 Å². The molecule has 1 saturated heterocycles. The number of hydrogen-bond acceptors (Lipinski definition) is 5. The van der Waals surface area contributed by atoms with Crippen LogP contribution in [0.3, 0.4) is 0 Å². The molecule has 0 saturated carbocycles. The SMILES string of the molecule is C=CCc1cccc(/C=N/NC(=O)CC2CCN(C(=O)OC(C)(C)C)CC2)c1O. The topological polar surface area (TPSA) is 91.2 Å². The van der Waals surface area contributed by atoms with E-state index in [2.05, 4.69) is 17.1 Å². The van der Waals surface area contributed by atoms with Crippen LogP contribution in [0.1, 0.15) is 51.2 Å². The summed E-state index contributed by atoms with van der Waals surface area (Å²) in [5.74, 6) is 0.159. The zero-order valence-electron chi connectivity index (χ0n) is 17.5. The number of amides is 2. The second-order valence-corrected chi connectivity index (χ2v) is 8.26. The summed E-state index contributed by atoms with van der Waals surface area (Å²) in [5.41, 5.74) is 3.30. The van der Waals surface area contributed by atoms with E-state index >= 15 is 0 Å². The van der Waals surface area contributed by atoms with Gasteiger partial charge in [0.1, 0.15) is 11.4 Å². The Bertz CT molecular complexity index is 760. The average Bonchev–Trinajstić information content (AvgIpc) is 2.64. The fourth-order valence-corrected chi connectivity index (χ4v) is 3.16. The molecule has 1 aliphatic rings. The third-order valence-corrected chi connectivity index (χ3v) is 4.65. The Hall–Kier alpha value is -2.83. The molecule has 7 heteroatoms. The van der Waals surface area contributed by atoms with Crippen molar-refractivity contribution in [2.45, 2.75) is 52.1 Å². The number of aromatic hydroxyl groups is 1. The first-order valence-corrected chi connectivity index (χ1v) is 9.91. The van der Waals surface area contributed by atoms with E-state index in [0.717, 1.165) is 18.4 Å². The number of carbonyl (C=O) groups excluding carboxylic acids is 2. The van der Waals surface area contributed by atoms with E-state index in [-0.39, 0.29) is 23.7 Å². The number of nitrogens with zero attached hydrogens (tertiary/aromatic N) is 2. The van der Waals surface area contributed by atoms with Gasteiger partial charge in [-0.2, -0.15) is 5.10 Å². The van der Waals surface area contributed by atoms with Crippen molar-refractivity contribution in [1.29, 1.82) is 0 Å². The molecular formula is C22H31N3O4. The Kier molecular flexibility index (Phi) is 7.82. The lowest BCUT2D eigenvalue weighted by Gasteiger charge is -2.33. The average molecular weight is 402 g/mol. The van der Waals surface area contributed by atoms with E-state index in [1.165, 1.54) is 6.21 Å². The molecule has 0 aliphatic carbocycles. The van der Waals surface area contributed by atoms with Gasteiger partial charge in [0.05, 0.1) is 6.21 Å². The van der Waals surface area contributed by atoms with Gasteiger partial charge in [0.25, 0.3) is 0 Å². The minimum Gasteiger partial charge on any atom is -0.507 e. The molecule has 1 heterocycles. The maximum Gasteiger partial charge on any atom is 0.410 e. The molecule has 1 aliphatic heterocycles. The minimum atomic E-state index is -0.508. The molecule has 0 spiro atoms. The van der Waals surface area contributed by atoms with E-state index in [4.69, 9.17) is 4.74 Å². The zero-order valence-corrected chi connectivity index (χ0v) is 17.5. The van der Waals surface area contributed by atoms with Crippen molar-refractivity contribution >= 4 is 18.2 Å². The first-order valence-electron chi connectivity index (χ1n) is 9.91. The van der Waals surface area contributed by atoms with Crippen molar-refractivity contribution in [3.05, 3.63) is 42.0 Å². The predicted molar refractivity (Wildman–Crippen MR) is 113 cm³/mol. The van der Waals surface area contributed by atoms with Crippen LogP contribution in [0.4, 0.5) is 4.79 Å². The second-order valence-electron chi connectivity index (χ2n) is 8.26. The number of para-hydroxylation sites is 1. The van der Waals surface area contributed by atoms with Crippen LogP contribution >= 0.6 is 0 Å².